The van der Waals surface area contributed by atoms with Crippen molar-refractivity contribution < 1.29 is 14.6 Å². The summed E-state index contributed by atoms with van der Waals surface area (Å²) in [5, 5.41) is 13.1. The fourth-order valence-corrected chi connectivity index (χ4v) is 3.36. The zero-order valence-corrected chi connectivity index (χ0v) is 15.8. The van der Waals surface area contributed by atoms with Gasteiger partial charge in [-0.25, -0.2) is 4.98 Å². The number of ether oxygens (including phenoxy) is 1. The number of anilines is 1. The van der Waals surface area contributed by atoms with Gasteiger partial charge in [0.15, 0.2) is 5.16 Å². The molecule has 0 unspecified atom stereocenters. The van der Waals surface area contributed by atoms with Gasteiger partial charge < -0.3 is 19.7 Å². The number of carbonyl (C=O) groups excluding carboxylic acids is 1. The molecule has 1 heterocycles. The van der Waals surface area contributed by atoms with Crippen molar-refractivity contribution in [1.82, 2.24) is 9.55 Å². The molecular formula is C20H21N3O3S. The molecule has 6 nitrogen and oxygen atoms in total. The predicted molar refractivity (Wildman–Crippen MR) is 106 cm³/mol. The monoisotopic (exact) mass is 383 g/mol. The SMILES string of the molecule is COc1ccc(Cn2c(CO)cnc2SCC(=O)Nc2ccccc2)cc1. The van der Waals surface area contributed by atoms with Crippen LogP contribution in [0.3, 0.4) is 0 Å². The van der Waals surface area contributed by atoms with E-state index in [1.54, 1.807) is 13.3 Å². The highest BCUT2D eigenvalue weighted by atomic mass is 32.2. The first-order valence-electron chi connectivity index (χ1n) is 8.45. The Labute approximate surface area is 162 Å². The summed E-state index contributed by atoms with van der Waals surface area (Å²) in [6, 6.07) is 17.1. The summed E-state index contributed by atoms with van der Waals surface area (Å²) < 4.78 is 7.10. The third-order valence-corrected chi connectivity index (χ3v) is 4.94. The summed E-state index contributed by atoms with van der Waals surface area (Å²) in [6.45, 7) is 0.447. The van der Waals surface area contributed by atoms with Crippen LogP contribution >= 0.6 is 11.8 Å². The topological polar surface area (TPSA) is 76.4 Å². The third-order valence-electron chi connectivity index (χ3n) is 3.95. The van der Waals surface area contributed by atoms with Crippen LogP contribution in [0.25, 0.3) is 0 Å². The molecule has 0 saturated carbocycles. The standard InChI is InChI=1S/C20H21N3O3S/c1-26-18-9-7-15(8-10-18)12-23-17(13-24)11-21-20(23)27-14-19(25)22-16-5-3-2-4-6-16/h2-11,24H,12-14H2,1H3,(H,22,25). The van der Waals surface area contributed by atoms with Gasteiger partial charge in [-0.15, -0.1) is 0 Å². The molecule has 0 aliphatic rings. The quantitative estimate of drug-likeness (QED) is 0.585. The van der Waals surface area contributed by atoms with Crippen molar-refractivity contribution in [1.29, 1.82) is 0 Å². The van der Waals surface area contributed by atoms with Gasteiger partial charge >= 0.3 is 0 Å². The molecule has 0 spiro atoms. The van der Waals surface area contributed by atoms with E-state index < -0.39 is 0 Å². The molecule has 7 heteroatoms. The summed E-state index contributed by atoms with van der Waals surface area (Å²) in [5.41, 5.74) is 2.52. The minimum atomic E-state index is -0.111. The van der Waals surface area contributed by atoms with Crippen LogP contribution < -0.4 is 10.1 Å². The van der Waals surface area contributed by atoms with Crippen molar-refractivity contribution in [2.24, 2.45) is 0 Å². The van der Waals surface area contributed by atoms with Crippen molar-refractivity contribution in [3.05, 3.63) is 72.1 Å². The summed E-state index contributed by atoms with van der Waals surface area (Å²) in [5.74, 6) is 0.925. The van der Waals surface area contributed by atoms with Gasteiger partial charge in [-0.2, -0.15) is 0 Å². The number of imidazole rings is 1. The maximum atomic E-state index is 12.2. The number of amides is 1. The Bertz CT molecular complexity index is 879. The Morgan fingerprint density at radius 1 is 1.19 bits per heavy atom. The molecule has 1 aromatic heterocycles. The van der Waals surface area contributed by atoms with Gasteiger partial charge in [0.25, 0.3) is 0 Å². The van der Waals surface area contributed by atoms with Gasteiger partial charge in [0.05, 0.1) is 31.4 Å². The normalized spacial score (nSPS) is 10.6. The van der Waals surface area contributed by atoms with Gasteiger partial charge in [-0.05, 0) is 29.8 Å². The Kier molecular flexibility index (Phi) is 6.51. The van der Waals surface area contributed by atoms with Crippen LogP contribution in [0, 0.1) is 0 Å². The molecule has 2 aromatic carbocycles. The van der Waals surface area contributed by atoms with Crippen LogP contribution in [0.1, 0.15) is 11.3 Å². The molecule has 0 radical (unpaired) electrons. The third kappa shape index (κ3) is 5.12. The fraction of sp³-hybridized carbons (Fsp3) is 0.200. The first kappa shape index (κ1) is 19.0. The van der Waals surface area contributed by atoms with E-state index in [4.69, 9.17) is 4.74 Å². The molecule has 0 saturated heterocycles. The van der Waals surface area contributed by atoms with Crippen molar-refractivity contribution >= 4 is 23.4 Å². The number of thioether (sulfide) groups is 1. The van der Waals surface area contributed by atoms with Gasteiger partial charge in [-0.3, -0.25) is 4.79 Å². The van der Waals surface area contributed by atoms with Gasteiger partial charge in [-0.1, -0.05) is 42.1 Å². The summed E-state index contributed by atoms with van der Waals surface area (Å²) >= 11 is 1.34. The van der Waals surface area contributed by atoms with E-state index in [0.717, 1.165) is 17.0 Å². The number of nitrogens with one attached hydrogen (secondary N) is 1. The van der Waals surface area contributed by atoms with E-state index >= 15 is 0 Å². The Morgan fingerprint density at radius 3 is 2.59 bits per heavy atom. The number of benzene rings is 2. The first-order valence-corrected chi connectivity index (χ1v) is 9.44. The molecule has 0 aliphatic carbocycles. The molecule has 0 atom stereocenters. The second-order valence-electron chi connectivity index (χ2n) is 5.83. The van der Waals surface area contributed by atoms with Crippen molar-refractivity contribution in [3.63, 3.8) is 0 Å². The van der Waals surface area contributed by atoms with Crippen LogP contribution in [-0.4, -0.2) is 33.4 Å². The zero-order valence-electron chi connectivity index (χ0n) is 15.0. The summed E-state index contributed by atoms with van der Waals surface area (Å²) in [4.78, 5) is 16.5. The summed E-state index contributed by atoms with van der Waals surface area (Å²) in [7, 11) is 1.63. The van der Waals surface area contributed by atoms with Crippen LogP contribution in [-0.2, 0) is 17.9 Å². The van der Waals surface area contributed by atoms with E-state index in [-0.39, 0.29) is 18.3 Å². The molecule has 1 amide bonds. The van der Waals surface area contributed by atoms with E-state index in [2.05, 4.69) is 10.3 Å². The van der Waals surface area contributed by atoms with Gasteiger partial charge in [0.1, 0.15) is 5.75 Å². The Morgan fingerprint density at radius 2 is 1.93 bits per heavy atom. The number of hydrogen-bond donors (Lipinski definition) is 2. The molecular weight excluding hydrogens is 362 g/mol. The van der Waals surface area contributed by atoms with Crippen LogP contribution in [0.4, 0.5) is 5.69 Å². The Balaban J connectivity index is 1.66. The van der Waals surface area contributed by atoms with E-state index in [1.165, 1.54) is 11.8 Å². The second-order valence-corrected chi connectivity index (χ2v) is 6.77. The lowest BCUT2D eigenvalue weighted by Crippen LogP contribution is -2.15. The highest BCUT2D eigenvalue weighted by Crippen LogP contribution is 2.22. The molecule has 0 bridgehead atoms. The molecule has 0 fully saturated rings. The maximum absolute atomic E-state index is 12.2. The van der Waals surface area contributed by atoms with E-state index in [1.807, 2.05) is 59.2 Å². The first-order chi connectivity index (χ1) is 13.2. The van der Waals surface area contributed by atoms with E-state index in [0.29, 0.717) is 17.4 Å². The van der Waals surface area contributed by atoms with E-state index in [9.17, 15) is 9.90 Å². The largest absolute Gasteiger partial charge is 0.497 e. The molecule has 27 heavy (non-hydrogen) atoms. The minimum Gasteiger partial charge on any atom is -0.497 e. The second kappa shape index (κ2) is 9.25. The number of nitrogens with zero attached hydrogens (tertiary/aromatic N) is 2. The fourth-order valence-electron chi connectivity index (χ4n) is 2.56. The number of rotatable bonds is 8. The zero-order chi connectivity index (χ0) is 19.1. The molecule has 3 aromatic rings. The molecule has 0 aliphatic heterocycles. The molecule has 2 N–H and O–H groups in total. The number of methoxy groups -OCH3 is 1. The highest BCUT2D eigenvalue weighted by Gasteiger charge is 2.13. The van der Waals surface area contributed by atoms with Crippen LogP contribution in [0.2, 0.25) is 0 Å². The van der Waals surface area contributed by atoms with Crippen molar-refractivity contribution in [3.8, 4) is 5.75 Å². The number of para-hydroxylation sites is 1. The smallest absolute Gasteiger partial charge is 0.234 e. The Hall–Kier alpha value is -2.77. The number of aromatic nitrogens is 2. The lowest BCUT2D eigenvalue weighted by atomic mass is 10.2. The van der Waals surface area contributed by atoms with Crippen molar-refractivity contribution in [2.75, 3.05) is 18.2 Å². The minimum absolute atomic E-state index is 0.101. The number of aliphatic hydroxyl groups excluding tert-OH is 1. The number of aliphatic hydroxyl groups is 1. The van der Waals surface area contributed by atoms with Gasteiger partial charge in [0.2, 0.25) is 5.91 Å². The van der Waals surface area contributed by atoms with Gasteiger partial charge in [0, 0.05) is 12.2 Å². The number of carbonyl (C=O) groups is 1. The highest BCUT2D eigenvalue weighted by molar-refractivity contribution is 7.99. The lowest BCUT2D eigenvalue weighted by Gasteiger charge is -2.11. The van der Waals surface area contributed by atoms with Crippen LogP contribution in [0.5, 0.6) is 5.75 Å². The number of hydrogen-bond acceptors (Lipinski definition) is 5. The predicted octanol–water partition coefficient (Wildman–Crippen LogP) is 3.16. The molecule has 3 rings (SSSR count). The van der Waals surface area contributed by atoms with Crippen LogP contribution in [0.15, 0.2) is 66.0 Å². The van der Waals surface area contributed by atoms with Crippen molar-refractivity contribution in [2.45, 2.75) is 18.3 Å². The average molecular weight is 383 g/mol. The molecule has 140 valence electrons. The maximum Gasteiger partial charge on any atom is 0.234 e. The average Bonchev–Trinajstić information content (AvgIpc) is 3.09. The lowest BCUT2D eigenvalue weighted by molar-refractivity contribution is -0.113. The summed E-state index contributed by atoms with van der Waals surface area (Å²) in [6.07, 6.45) is 1.64.